The minimum absolute atomic E-state index is 0.0108. The number of carboxylic acids is 1. The number of aromatic nitrogens is 1. The van der Waals surface area contributed by atoms with E-state index in [9.17, 15) is 4.79 Å². The molecule has 0 saturated carbocycles. The Hall–Kier alpha value is -1.52. The van der Waals surface area contributed by atoms with Gasteiger partial charge in [0, 0.05) is 0 Å². The number of oxazole rings is 1. The van der Waals surface area contributed by atoms with Crippen molar-refractivity contribution in [2.24, 2.45) is 5.41 Å². The Labute approximate surface area is 88.1 Å². The summed E-state index contributed by atoms with van der Waals surface area (Å²) in [6.07, 6.45) is 1.92. The van der Waals surface area contributed by atoms with Gasteiger partial charge in [-0.25, -0.2) is 4.79 Å². The van der Waals surface area contributed by atoms with Crippen molar-refractivity contribution in [2.45, 2.75) is 27.2 Å². The highest BCUT2D eigenvalue weighted by molar-refractivity contribution is 5.84. The van der Waals surface area contributed by atoms with Crippen LogP contribution >= 0.6 is 0 Å². The van der Waals surface area contributed by atoms with Gasteiger partial charge in [-0.2, -0.15) is 4.98 Å². The smallest absolute Gasteiger partial charge is 0.394 e. The fraction of sp³-hybridized carbons (Fsp3) is 0.600. The molecule has 15 heavy (non-hydrogen) atoms. The van der Waals surface area contributed by atoms with Crippen molar-refractivity contribution in [3.8, 4) is 6.08 Å². The van der Waals surface area contributed by atoms with E-state index in [0.717, 1.165) is 12.7 Å². The molecule has 0 aromatic carbocycles. The van der Waals surface area contributed by atoms with Crippen molar-refractivity contribution in [2.75, 3.05) is 6.61 Å². The van der Waals surface area contributed by atoms with Crippen LogP contribution in [-0.2, 0) is 0 Å². The molecule has 5 heteroatoms. The van der Waals surface area contributed by atoms with Crippen molar-refractivity contribution in [1.29, 1.82) is 0 Å². The van der Waals surface area contributed by atoms with Crippen LogP contribution in [0.15, 0.2) is 10.7 Å². The Morgan fingerprint density at radius 1 is 1.60 bits per heavy atom. The monoisotopic (exact) mass is 213 g/mol. The molecule has 1 N–H and O–H groups in total. The molecule has 0 amide bonds. The number of carboxylic acid groups (broad SMARTS) is 1. The molecule has 0 radical (unpaired) electrons. The van der Waals surface area contributed by atoms with Crippen LogP contribution in [0.3, 0.4) is 0 Å². The maximum Gasteiger partial charge on any atom is 0.394 e. The highest BCUT2D eigenvalue weighted by atomic mass is 16.6. The molecule has 5 nitrogen and oxygen atoms in total. The van der Waals surface area contributed by atoms with E-state index in [0.29, 0.717) is 6.61 Å². The highest BCUT2D eigenvalue weighted by Gasteiger charge is 2.13. The van der Waals surface area contributed by atoms with Gasteiger partial charge in [0.05, 0.1) is 6.61 Å². The second-order valence-corrected chi connectivity index (χ2v) is 4.46. The second kappa shape index (κ2) is 4.33. The van der Waals surface area contributed by atoms with Gasteiger partial charge in [-0.3, -0.25) is 0 Å². The van der Waals surface area contributed by atoms with Crippen molar-refractivity contribution < 1.29 is 19.1 Å². The molecular formula is C10H15NO4. The zero-order chi connectivity index (χ0) is 11.5. The molecule has 0 spiro atoms. The standard InChI is InChI=1S/C10H15NO4/c1-10(2,3)4-5-14-9-11-7(6-15-9)8(12)13/h6H,4-5H2,1-3H3,(H,12,13). The van der Waals surface area contributed by atoms with Crippen LogP contribution in [0.25, 0.3) is 0 Å². The molecule has 84 valence electrons. The number of nitrogens with zero attached hydrogens (tertiary/aromatic N) is 1. The third kappa shape index (κ3) is 4.01. The molecule has 1 heterocycles. The first-order chi connectivity index (χ1) is 6.88. The van der Waals surface area contributed by atoms with Crippen LogP contribution in [0.4, 0.5) is 0 Å². The first-order valence-electron chi connectivity index (χ1n) is 4.70. The third-order valence-corrected chi connectivity index (χ3v) is 1.78. The highest BCUT2D eigenvalue weighted by Crippen LogP contribution is 2.19. The molecule has 0 bridgehead atoms. The first-order valence-corrected chi connectivity index (χ1v) is 4.70. The molecule has 0 aliphatic rings. The Morgan fingerprint density at radius 2 is 2.27 bits per heavy atom. The van der Waals surface area contributed by atoms with Gasteiger partial charge in [-0.05, 0) is 11.8 Å². The number of carbonyl (C=O) groups is 1. The molecule has 0 aliphatic carbocycles. The molecule has 0 aliphatic heterocycles. The van der Waals surface area contributed by atoms with Crippen molar-refractivity contribution in [3.05, 3.63) is 12.0 Å². The number of rotatable bonds is 4. The molecule has 0 fully saturated rings. The Balaban J connectivity index is 2.41. The van der Waals surface area contributed by atoms with E-state index in [1.807, 2.05) is 0 Å². The summed E-state index contributed by atoms with van der Waals surface area (Å²) in [6, 6.07) is 0. The van der Waals surface area contributed by atoms with E-state index >= 15 is 0 Å². The van der Waals surface area contributed by atoms with Gasteiger partial charge in [0.2, 0.25) is 0 Å². The quantitative estimate of drug-likeness (QED) is 0.829. The van der Waals surface area contributed by atoms with Gasteiger partial charge in [0.15, 0.2) is 5.69 Å². The van der Waals surface area contributed by atoms with E-state index in [-0.39, 0.29) is 17.2 Å². The second-order valence-electron chi connectivity index (χ2n) is 4.46. The Bertz CT molecular complexity index is 337. The minimum atomic E-state index is -1.12. The molecule has 1 rings (SSSR count). The summed E-state index contributed by atoms with van der Waals surface area (Å²) < 4.78 is 10.00. The lowest BCUT2D eigenvalue weighted by atomic mass is 9.93. The summed E-state index contributed by atoms with van der Waals surface area (Å²) in [4.78, 5) is 14.1. The lowest BCUT2D eigenvalue weighted by molar-refractivity contribution is 0.0690. The normalized spacial score (nSPS) is 11.4. The summed E-state index contributed by atoms with van der Waals surface area (Å²) in [5, 5.41) is 8.57. The average molecular weight is 213 g/mol. The van der Waals surface area contributed by atoms with Crippen LogP contribution in [0.2, 0.25) is 0 Å². The van der Waals surface area contributed by atoms with Crippen LogP contribution in [0, 0.1) is 5.41 Å². The van der Waals surface area contributed by atoms with Gasteiger partial charge in [-0.1, -0.05) is 20.8 Å². The van der Waals surface area contributed by atoms with Gasteiger partial charge in [0.1, 0.15) is 6.26 Å². The van der Waals surface area contributed by atoms with E-state index < -0.39 is 5.97 Å². The van der Waals surface area contributed by atoms with Crippen molar-refractivity contribution in [1.82, 2.24) is 4.98 Å². The zero-order valence-electron chi connectivity index (χ0n) is 9.11. The summed E-state index contributed by atoms with van der Waals surface area (Å²) in [6.45, 7) is 6.74. The maximum absolute atomic E-state index is 10.5. The summed E-state index contributed by atoms with van der Waals surface area (Å²) in [7, 11) is 0. The van der Waals surface area contributed by atoms with Gasteiger partial charge in [-0.15, -0.1) is 0 Å². The summed E-state index contributed by atoms with van der Waals surface area (Å²) >= 11 is 0. The topological polar surface area (TPSA) is 72.6 Å². The molecule has 0 saturated heterocycles. The first kappa shape index (κ1) is 11.6. The zero-order valence-corrected chi connectivity index (χ0v) is 9.11. The molecule has 0 atom stereocenters. The molecular weight excluding hydrogens is 198 g/mol. The number of hydrogen-bond donors (Lipinski definition) is 1. The van der Waals surface area contributed by atoms with Crippen LogP contribution in [0.5, 0.6) is 6.08 Å². The SMILES string of the molecule is CC(C)(C)CCOc1nc(C(=O)O)co1. The predicted octanol–water partition coefficient (Wildman–Crippen LogP) is 2.19. The van der Waals surface area contributed by atoms with Crippen LogP contribution in [-0.4, -0.2) is 22.7 Å². The Morgan fingerprint density at radius 3 is 2.73 bits per heavy atom. The number of aromatic carboxylic acids is 1. The third-order valence-electron chi connectivity index (χ3n) is 1.78. The number of ether oxygens (including phenoxy) is 1. The summed E-state index contributed by atoms with van der Waals surface area (Å²) in [5.74, 6) is -1.12. The lowest BCUT2D eigenvalue weighted by Gasteiger charge is -2.16. The molecule has 1 aromatic rings. The fourth-order valence-corrected chi connectivity index (χ4v) is 0.866. The Kier molecular flexibility index (Phi) is 3.34. The predicted molar refractivity (Wildman–Crippen MR) is 53.0 cm³/mol. The lowest BCUT2D eigenvalue weighted by Crippen LogP contribution is -2.11. The van der Waals surface area contributed by atoms with E-state index in [4.69, 9.17) is 14.3 Å². The van der Waals surface area contributed by atoms with E-state index in [2.05, 4.69) is 25.8 Å². The van der Waals surface area contributed by atoms with Crippen LogP contribution < -0.4 is 4.74 Å². The largest absolute Gasteiger partial charge is 0.476 e. The van der Waals surface area contributed by atoms with Gasteiger partial charge >= 0.3 is 12.0 Å². The van der Waals surface area contributed by atoms with Crippen LogP contribution in [0.1, 0.15) is 37.7 Å². The van der Waals surface area contributed by atoms with Crippen molar-refractivity contribution in [3.63, 3.8) is 0 Å². The van der Waals surface area contributed by atoms with Gasteiger partial charge in [0.25, 0.3) is 0 Å². The fourth-order valence-electron chi connectivity index (χ4n) is 0.866. The van der Waals surface area contributed by atoms with E-state index in [1.54, 1.807) is 0 Å². The van der Waals surface area contributed by atoms with Gasteiger partial charge < -0.3 is 14.3 Å². The molecule has 0 unspecified atom stereocenters. The summed E-state index contributed by atoms with van der Waals surface area (Å²) in [5.41, 5.74) is 0.0307. The van der Waals surface area contributed by atoms with E-state index in [1.165, 1.54) is 0 Å². The molecule has 1 aromatic heterocycles. The average Bonchev–Trinajstić information content (AvgIpc) is 2.50. The van der Waals surface area contributed by atoms with Crippen molar-refractivity contribution >= 4 is 5.97 Å². The minimum Gasteiger partial charge on any atom is -0.476 e. The maximum atomic E-state index is 10.5. The number of hydrogen-bond acceptors (Lipinski definition) is 4.